The van der Waals surface area contributed by atoms with E-state index in [1.165, 1.54) is 0 Å². The van der Waals surface area contributed by atoms with Crippen LogP contribution in [0.5, 0.6) is 0 Å². The van der Waals surface area contributed by atoms with Gasteiger partial charge in [-0.15, -0.1) is 0 Å². The molecule has 1 N–H and O–H groups in total. The van der Waals surface area contributed by atoms with Gasteiger partial charge in [0, 0.05) is 12.0 Å². The van der Waals surface area contributed by atoms with E-state index < -0.39 is 63.1 Å². The van der Waals surface area contributed by atoms with Crippen molar-refractivity contribution in [3.63, 3.8) is 0 Å². The highest BCUT2D eigenvalue weighted by Crippen LogP contribution is 2.45. The first kappa shape index (κ1) is 19.4. The van der Waals surface area contributed by atoms with E-state index in [9.17, 15) is 43.9 Å². The minimum absolute atomic E-state index is 0.311. The number of hydrogen-bond acceptors (Lipinski definition) is 4. The molecule has 23 heavy (non-hydrogen) atoms. The Bertz CT molecular complexity index is 688. The highest BCUT2D eigenvalue weighted by molar-refractivity contribution is 7.73. The fraction of sp³-hybridized carbons (Fsp3) is 0.455. The SMILES string of the molecule is O=C(CC(O)(C(F)(F)F)C(F)(F)F)C1=CC(F)=CC(=S(=O)=O)C1. The van der Waals surface area contributed by atoms with Crippen LogP contribution in [-0.2, 0) is 15.1 Å². The fourth-order valence-electron chi connectivity index (χ4n) is 1.64. The molecule has 0 unspecified atom stereocenters. The molecule has 0 saturated carbocycles. The molecule has 4 nitrogen and oxygen atoms in total. The predicted octanol–water partition coefficient (Wildman–Crippen LogP) is 2.04. The Morgan fingerprint density at radius 3 is 1.96 bits per heavy atom. The summed E-state index contributed by atoms with van der Waals surface area (Å²) in [7, 11) is -3.02. The van der Waals surface area contributed by atoms with E-state index >= 15 is 0 Å². The lowest BCUT2D eigenvalue weighted by Crippen LogP contribution is -2.58. The average Bonchev–Trinajstić information content (AvgIpc) is 2.34. The number of hydrogen-bond donors (Lipinski definition) is 1. The molecule has 0 saturated heterocycles. The maximum atomic E-state index is 13.1. The standard InChI is InChI=1S/C11H7F7O4S/c12-6-1-5(2-7(3-6)23(21)22)8(19)4-9(20,10(13,14)15)11(16,17)18/h1,3,20H,2,4H2. The van der Waals surface area contributed by atoms with Gasteiger partial charge >= 0.3 is 12.4 Å². The van der Waals surface area contributed by atoms with E-state index in [0.717, 1.165) is 0 Å². The maximum absolute atomic E-state index is 13.1. The molecule has 1 aliphatic carbocycles. The Morgan fingerprint density at radius 2 is 1.57 bits per heavy atom. The van der Waals surface area contributed by atoms with Gasteiger partial charge in [0.05, 0.1) is 11.3 Å². The largest absolute Gasteiger partial charge is 0.426 e. The van der Waals surface area contributed by atoms with Crippen molar-refractivity contribution in [3.8, 4) is 0 Å². The van der Waals surface area contributed by atoms with Crippen LogP contribution in [0.2, 0.25) is 0 Å². The van der Waals surface area contributed by atoms with Crippen LogP contribution in [0.3, 0.4) is 0 Å². The van der Waals surface area contributed by atoms with Gasteiger partial charge in [0.15, 0.2) is 5.78 Å². The molecule has 0 bridgehead atoms. The summed E-state index contributed by atoms with van der Waals surface area (Å²) >= 11 is 0. The van der Waals surface area contributed by atoms with Gasteiger partial charge in [-0.2, -0.15) is 34.8 Å². The molecule has 0 aromatic carbocycles. The van der Waals surface area contributed by atoms with Gasteiger partial charge in [-0.05, 0) is 12.2 Å². The molecule has 12 heteroatoms. The van der Waals surface area contributed by atoms with Gasteiger partial charge in [0.25, 0.3) is 5.60 Å². The minimum Gasteiger partial charge on any atom is -0.373 e. The van der Waals surface area contributed by atoms with Crippen molar-refractivity contribution in [2.24, 2.45) is 0 Å². The van der Waals surface area contributed by atoms with Crippen LogP contribution in [-0.4, -0.2) is 42.1 Å². The van der Waals surface area contributed by atoms with E-state index in [-0.39, 0.29) is 0 Å². The predicted molar refractivity (Wildman–Crippen MR) is 62.5 cm³/mol. The molecule has 0 spiro atoms. The summed E-state index contributed by atoms with van der Waals surface area (Å²) in [6, 6.07) is 0. The van der Waals surface area contributed by atoms with Crippen molar-refractivity contribution in [1.82, 2.24) is 0 Å². The lowest BCUT2D eigenvalue weighted by atomic mass is 9.89. The second-order valence-corrected chi connectivity index (χ2v) is 5.53. The Kier molecular flexibility index (Phi) is 5.11. The third-order valence-electron chi connectivity index (χ3n) is 2.90. The van der Waals surface area contributed by atoms with Crippen LogP contribution in [0.1, 0.15) is 12.8 Å². The molecule has 0 fully saturated rings. The van der Waals surface area contributed by atoms with E-state index in [0.29, 0.717) is 12.2 Å². The summed E-state index contributed by atoms with van der Waals surface area (Å²) in [5.74, 6) is -3.21. The lowest BCUT2D eigenvalue weighted by molar-refractivity contribution is -0.366. The Hall–Kier alpha value is -1.69. The molecule has 0 aromatic heterocycles. The van der Waals surface area contributed by atoms with Crippen molar-refractivity contribution in [2.45, 2.75) is 30.8 Å². The number of ketones is 1. The van der Waals surface area contributed by atoms with Gasteiger partial charge in [-0.1, -0.05) is 0 Å². The first-order valence-electron chi connectivity index (χ1n) is 5.61. The second kappa shape index (κ2) is 6.07. The van der Waals surface area contributed by atoms with E-state index in [1.807, 2.05) is 0 Å². The summed E-state index contributed by atoms with van der Waals surface area (Å²) < 4.78 is 109. The van der Waals surface area contributed by atoms with Crippen molar-refractivity contribution < 1.29 is 49.1 Å². The average molecular weight is 368 g/mol. The molecule has 1 aliphatic rings. The van der Waals surface area contributed by atoms with Crippen molar-refractivity contribution >= 4 is 20.9 Å². The van der Waals surface area contributed by atoms with Crippen molar-refractivity contribution in [1.29, 1.82) is 0 Å². The zero-order valence-corrected chi connectivity index (χ0v) is 11.6. The van der Waals surface area contributed by atoms with Crippen molar-refractivity contribution in [2.75, 3.05) is 0 Å². The molecular weight excluding hydrogens is 361 g/mol. The number of allylic oxidation sites excluding steroid dienone is 4. The van der Waals surface area contributed by atoms with E-state index in [1.54, 1.807) is 0 Å². The first-order valence-corrected chi connectivity index (χ1v) is 6.68. The third-order valence-corrected chi connectivity index (χ3v) is 3.59. The number of carbonyl (C=O) groups is 1. The van der Waals surface area contributed by atoms with Crippen molar-refractivity contribution in [3.05, 3.63) is 23.6 Å². The molecule has 0 atom stereocenters. The molecule has 0 radical (unpaired) electrons. The van der Waals surface area contributed by atoms with Gasteiger partial charge in [0.2, 0.25) is 10.3 Å². The summed E-state index contributed by atoms with van der Waals surface area (Å²) in [5.41, 5.74) is -6.26. The highest BCUT2D eigenvalue weighted by Gasteiger charge is 2.70. The smallest absolute Gasteiger partial charge is 0.373 e. The minimum atomic E-state index is -6.21. The van der Waals surface area contributed by atoms with Crippen LogP contribution in [0.15, 0.2) is 23.6 Å². The summed E-state index contributed by atoms with van der Waals surface area (Å²) in [5, 5.41) is 8.89. The molecule has 0 aromatic rings. The first-order chi connectivity index (χ1) is 10.2. The highest BCUT2D eigenvalue weighted by atomic mass is 32.2. The van der Waals surface area contributed by atoms with Gasteiger partial charge < -0.3 is 5.11 Å². The normalized spacial score (nSPS) is 16.8. The topological polar surface area (TPSA) is 71.4 Å². The number of alkyl halides is 6. The zero-order chi connectivity index (χ0) is 18.2. The number of rotatable bonds is 3. The number of Topliss-reactive ketones (excluding diaryl/α,β-unsaturated/α-hetero) is 1. The van der Waals surface area contributed by atoms with Gasteiger partial charge in [-0.25, -0.2) is 4.39 Å². The summed E-state index contributed by atoms with van der Waals surface area (Å²) in [4.78, 5) is 10.9. The number of carbonyl (C=O) groups excluding carboxylic acids is 1. The Balaban J connectivity index is 3.21. The zero-order valence-electron chi connectivity index (χ0n) is 10.8. The fourth-order valence-corrected chi connectivity index (χ4v) is 2.13. The van der Waals surface area contributed by atoms with Crippen LogP contribution >= 0.6 is 0 Å². The Labute approximate surface area is 125 Å². The molecule has 1 rings (SSSR count). The third kappa shape index (κ3) is 3.99. The van der Waals surface area contributed by atoms with Crippen LogP contribution in [0, 0.1) is 0 Å². The quantitative estimate of drug-likeness (QED) is 0.611. The number of aliphatic hydroxyl groups is 1. The van der Waals surface area contributed by atoms with Crippen LogP contribution in [0.4, 0.5) is 30.7 Å². The molecule has 130 valence electrons. The van der Waals surface area contributed by atoms with Gasteiger partial charge in [-0.3, -0.25) is 4.79 Å². The number of halogens is 7. The summed E-state index contributed by atoms with van der Waals surface area (Å²) in [6.07, 6.45) is -15.0. The van der Waals surface area contributed by atoms with Crippen LogP contribution < -0.4 is 0 Å². The van der Waals surface area contributed by atoms with E-state index in [2.05, 4.69) is 0 Å². The molecule has 0 heterocycles. The maximum Gasteiger partial charge on any atom is 0.426 e. The van der Waals surface area contributed by atoms with E-state index in [4.69, 9.17) is 5.11 Å². The molecule has 0 aliphatic heterocycles. The Morgan fingerprint density at radius 1 is 1.09 bits per heavy atom. The lowest BCUT2D eigenvalue weighted by Gasteiger charge is -2.32. The van der Waals surface area contributed by atoms with Gasteiger partial charge in [0.1, 0.15) is 5.83 Å². The molecule has 0 amide bonds. The van der Waals surface area contributed by atoms with Crippen LogP contribution in [0.25, 0.3) is 0 Å². The molecular formula is C11H7F7O4S. The monoisotopic (exact) mass is 368 g/mol. The second-order valence-electron chi connectivity index (χ2n) is 4.53. The summed E-state index contributed by atoms with van der Waals surface area (Å²) in [6.45, 7) is 0.